The van der Waals surface area contributed by atoms with Crippen molar-refractivity contribution in [1.29, 1.82) is 0 Å². The third kappa shape index (κ3) is 2.67. The molecule has 0 unspecified atom stereocenters. The Kier molecular flexibility index (Phi) is 4.27. The summed E-state index contributed by atoms with van der Waals surface area (Å²) in [5.74, 6) is 0. The Morgan fingerprint density at radius 3 is 2.58 bits per heavy atom. The number of rotatable bonds is 4. The molecule has 0 radical (unpaired) electrons. The largest absolute Gasteiger partial charge is 0.313 e. The van der Waals surface area contributed by atoms with Gasteiger partial charge in [-0.05, 0) is 45.0 Å². The Balaban J connectivity index is 2.55. The first-order chi connectivity index (χ1) is 9.06. The van der Waals surface area contributed by atoms with Crippen molar-refractivity contribution in [3.8, 4) is 5.69 Å². The van der Waals surface area contributed by atoms with E-state index < -0.39 is 0 Å². The molecule has 3 nitrogen and oxygen atoms in total. The maximum absolute atomic E-state index is 6.33. The summed E-state index contributed by atoms with van der Waals surface area (Å²) >= 11 is 6.33. The first kappa shape index (κ1) is 14.1. The highest BCUT2D eigenvalue weighted by Crippen LogP contribution is 2.25. The zero-order valence-electron chi connectivity index (χ0n) is 11.9. The number of benzene rings is 1. The number of nitrogens with one attached hydrogen (secondary N) is 1. The fourth-order valence-corrected chi connectivity index (χ4v) is 2.36. The van der Waals surface area contributed by atoms with Gasteiger partial charge in [-0.15, -0.1) is 0 Å². The zero-order chi connectivity index (χ0) is 14.0. The van der Waals surface area contributed by atoms with Gasteiger partial charge in [0, 0.05) is 22.8 Å². The molecule has 0 saturated carbocycles. The summed E-state index contributed by atoms with van der Waals surface area (Å²) < 4.78 is 1.99. The van der Waals surface area contributed by atoms with E-state index in [-0.39, 0.29) is 0 Å². The van der Waals surface area contributed by atoms with Crippen LogP contribution in [0.5, 0.6) is 0 Å². The first-order valence-electron chi connectivity index (χ1n) is 6.57. The van der Waals surface area contributed by atoms with Crippen LogP contribution in [-0.2, 0) is 6.54 Å². The van der Waals surface area contributed by atoms with E-state index in [1.807, 2.05) is 23.7 Å². The molecule has 0 saturated heterocycles. The van der Waals surface area contributed by atoms with Crippen molar-refractivity contribution >= 4 is 11.6 Å². The van der Waals surface area contributed by atoms with Crippen LogP contribution in [0.4, 0.5) is 0 Å². The Labute approximate surface area is 119 Å². The summed E-state index contributed by atoms with van der Waals surface area (Å²) in [5, 5.41) is 8.73. The summed E-state index contributed by atoms with van der Waals surface area (Å²) in [6, 6.07) is 5.96. The van der Waals surface area contributed by atoms with Crippen molar-refractivity contribution in [2.45, 2.75) is 34.2 Å². The molecule has 0 aliphatic carbocycles. The van der Waals surface area contributed by atoms with Crippen LogP contribution in [0.1, 0.15) is 29.4 Å². The van der Waals surface area contributed by atoms with Crippen LogP contribution in [0.3, 0.4) is 0 Å². The zero-order valence-corrected chi connectivity index (χ0v) is 12.7. The van der Waals surface area contributed by atoms with E-state index in [1.165, 1.54) is 5.56 Å². The maximum atomic E-state index is 6.33. The SMILES string of the molecule is CCNCc1c(Cl)cccc1-n1nc(C)c(C)c1C. The number of halogens is 1. The summed E-state index contributed by atoms with van der Waals surface area (Å²) in [7, 11) is 0. The van der Waals surface area contributed by atoms with E-state index in [0.29, 0.717) is 0 Å². The van der Waals surface area contributed by atoms with E-state index in [2.05, 4.69) is 37.3 Å². The molecular formula is C15H20ClN3. The number of hydrogen-bond donors (Lipinski definition) is 1. The normalized spacial score (nSPS) is 11.0. The molecule has 19 heavy (non-hydrogen) atoms. The smallest absolute Gasteiger partial charge is 0.0708 e. The molecule has 0 aliphatic rings. The molecule has 0 bridgehead atoms. The fourth-order valence-electron chi connectivity index (χ4n) is 2.13. The van der Waals surface area contributed by atoms with Gasteiger partial charge >= 0.3 is 0 Å². The standard InChI is InChI=1S/C15H20ClN3/c1-5-17-9-13-14(16)7-6-8-15(13)19-12(4)10(2)11(3)18-19/h6-8,17H,5,9H2,1-4H3. The Morgan fingerprint density at radius 2 is 2.00 bits per heavy atom. The Hall–Kier alpha value is -1.32. The lowest BCUT2D eigenvalue weighted by atomic mass is 10.1. The van der Waals surface area contributed by atoms with Crippen LogP contribution in [0.15, 0.2) is 18.2 Å². The van der Waals surface area contributed by atoms with Gasteiger partial charge in [-0.25, -0.2) is 4.68 Å². The average molecular weight is 278 g/mol. The van der Waals surface area contributed by atoms with E-state index >= 15 is 0 Å². The second kappa shape index (κ2) is 5.76. The summed E-state index contributed by atoms with van der Waals surface area (Å²) in [6.07, 6.45) is 0. The van der Waals surface area contributed by atoms with Crippen LogP contribution in [0.25, 0.3) is 5.69 Å². The number of aromatic nitrogens is 2. The summed E-state index contributed by atoms with van der Waals surface area (Å²) in [5.41, 5.74) is 5.61. The van der Waals surface area contributed by atoms with Crippen molar-refractivity contribution in [2.24, 2.45) is 0 Å². The predicted molar refractivity (Wildman–Crippen MR) is 80.2 cm³/mol. The second-order valence-electron chi connectivity index (χ2n) is 4.73. The van der Waals surface area contributed by atoms with Gasteiger partial charge in [-0.3, -0.25) is 0 Å². The molecule has 0 fully saturated rings. The molecule has 2 rings (SSSR count). The molecule has 102 valence electrons. The lowest BCUT2D eigenvalue weighted by Gasteiger charge is -2.13. The van der Waals surface area contributed by atoms with Gasteiger partial charge in [0.1, 0.15) is 0 Å². The molecule has 4 heteroatoms. The van der Waals surface area contributed by atoms with Gasteiger partial charge in [-0.2, -0.15) is 5.10 Å². The molecule has 1 N–H and O–H groups in total. The minimum Gasteiger partial charge on any atom is -0.313 e. The predicted octanol–water partition coefficient (Wildman–Crippen LogP) is 3.56. The second-order valence-corrected chi connectivity index (χ2v) is 5.13. The van der Waals surface area contributed by atoms with Crippen LogP contribution in [0.2, 0.25) is 5.02 Å². The minimum absolute atomic E-state index is 0.753. The van der Waals surface area contributed by atoms with Crippen LogP contribution in [-0.4, -0.2) is 16.3 Å². The Bertz CT molecular complexity index is 587. The van der Waals surface area contributed by atoms with Gasteiger partial charge in [0.15, 0.2) is 0 Å². The van der Waals surface area contributed by atoms with Crippen LogP contribution in [0, 0.1) is 20.8 Å². The van der Waals surface area contributed by atoms with Gasteiger partial charge in [0.05, 0.1) is 11.4 Å². The number of hydrogen-bond acceptors (Lipinski definition) is 2. The molecule has 1 aromatic carbocycles. The monoisotopic (exact) mass is 277 g/mol. The van der Waals surface area contributed by atoms with E-state index in [0.717, 1.165) is 40.8 Å². The minimum atomic E-state index is 0.753. The molecule has 2 aromatic rings. The lowest BCUT2D eigenvalue weighted by molar-refractivity contribution is 0.714. The summed E-state index contributed by atoms with van der Waals surface area (Å²) in [6.45, 7) is 9.98. The van der Waals surface area contributed by atoms with Gasteiger partial charge in [0.2, 0.25) is 0 Å². The molecule has 0 atom stereocenters. The maximum Gasteiger partial charge on any atom is 0.0708 e. The average Bonchev–Trinajstić information content (AvgIpc) is 2.65. The van der Waals surface area contributed by atoms with Crippen molar-refractivity contribution in [1.82, 2.24) is 15.1 Å². The van der Waals surface area contributed by atoms with Crippen molar-refractivity contribution < 1.29 is 0 Å². The Morgan fingerprint density at radius 1 is 1.26 bits per heavy atom. The van der Waals surface area contributed by atoms with Gasteiger partial charge < -0.3 is 5.32 Å². The molecule has 1 heterocycles. The highest BCUT2D eigenvalue weighted by molar-refractivity contribution is 6.31. The third-order valence-electron chi connectivity index (χ3n) is 3.53. The van der Waals surface area contributed by atoms with Crippen molar-refractivity contribution in [2.75, 3.05) is 6.54 Å². The highest BCUT2D eigenvalue weighted by atomic mass is 35.5. The van der Waals surface area contributed by atoms with Gasteiger partial charge in [-0.1, -0.05) is 24.6 Å². The van der Waals surface area contributed by atoms with Crippen LogP contribution < -0.4 is 5.32 Å². The highest BCUT2D eigenvalue weighted by Gasteiger charge is 2.13. The molecule has 0 aliphatic heterocycles. The molecule has 0 amide bonds. The summed E-state index contributed by atoms with van der Waals surface area (Å²) in [4.78, 5) is 0. The third-order valence-corrected chi connectivity index (χ3v) is 3.88. The lowest BCUT2D eigenvalue weighted by Crippen LogP contribution is -2.15. The molecule has 0 spiro atoms. The molecule has 1 aromatic heterocycles. The topological polar surface area (TPSA) is 29.9 Å². The first-order valence-corrected chi connectivity index (χ1v) is 6.95. The van der Waals surface area contributed by atoms with Crippen molar-refractivity contribution in [3.63, 3.8) is 0 Å². The van der Waals surface area contributed by atoms with E-state index in [9.17, 15) is 0 Å². The van der Waals surface area contributed by atoms with Crippen LogP contribution >= 0.6 is 11.6 Å². The van der Waals surface area contributed by atoms with Crippen molar-refractivity contribution in [3.05, 3.63) is 45.7 Å². The van der Waals surface area contributed by atoms with Gasteiger partial charge in [0.25, 0.3) is 0 Å². The number of aryl methyl sites for hydroxylation is 1. The quantitative estimate of drug-likeness (QED) is 0.926. The molecular weight excluding hydrogens is 258 g/mol. The van der Waals surface area contributed by atoms with E-state index in [1.54, 1.807) is 0 Å². The fraction of sp³-hybridized carbons (Fsp3) is 0.400. The number of nitrogens with zero attached hydrogens (tertiary/aromatic N) is 2. The van der Waals surface area contributed by atoms with E-state index in [4.69, 9.17) is 11.6 Å².